The van der Waals surface area contributed by atoms with Crippen LogP contribution >= 0.6 is 23.1 Å². The van der Waals surface area contributed by atoms with Gasteiger partial charge in [-0.25, -0.2) is 0 Å². The zero-order valence-electron chi connectivity index (χ0n) is 17.2. The largest absolute Gasteiger partial charge is 0.480 e. The van der Waals surface area contributed by atoms with E-state index < -0.39 is 24.0 Å². The van der Waals surface area contributed by atoms with Gasteiger partial charge in [0, 0.05) is 17.2 Å². The molecular formula is C22H26N2O5S2. The Morgan fingerprint density at radius 1 is 1.26 bits per heavy atom. The number of esters is 1. The Bertz CT molecular complexity index is 875. The average Bonchev–Trinajstić information content (AvgIpc) is 3.24. The lowest BCUT2D eigenvalue weighted by Crippen LogP contribution is -2.54. The molecule has 1 aromatic carbocycles. The van der Waals surface area contributed by atoms with E-state index in [0.29, 0.717) is 18.7 Å². The summed E-state index contributed by atoms with van der Waals surface area (Å²) >= 11 is 3.19. The molecule has 0 radical (unpaired) electrons. The molecule has 31 heavy (non-hydrogen) atoms. The number of thiophene rings is 1. The third-order valence-corrected chi connectivity index (χ3v) is 7.37. The third kappa shape index (κ3) is 6.56. The molecule has 1 aliphatic rings. The number of thioether (sulfide) groups is 1. The van der Waals surface area contributed by atoms with Gasteiger partial charge in [-0.15, -0.1) is 23.1 Å². The molecule has 0 aliphatic carbocycles. The van der Waals surface area contributed by atoms with E-state index in [4.69, 9.17) is 4.74 Å². The summed E-state index contributed by atoms with van der Waals surface area (Å²) in [5, 5.41) is 14.5. The maximum Gasteiger partial charge on any atom is 0.323 e. The Morgan fingerprint density at radius 2 is 2.03 bits per heavy atom. The maximum atomic E-state index is 13.2. The first-order valence-electron chi connectivity index (χ1n) is 10.1. The molecule has 2 heterocycles. The highest BCUT2D eigenvalue weighted by atomic mass is 32.2. The van der Waals surface area contributed by atoms with E-state index in [2.05, 4.69) is 5.32 Å². The number of carbonyl (C=O) groups excluding carboxylic acids is 2. The summed E-state index contributed by atoms with van der Waals surface area (Å²) in [6, 6.07) is 12.1. The minimum Gasteiger partial charge on any atom is -0.480 e. The molecule has 3 unspecified atom stereocenters. The van der Waals surface area contributed by atoms with Gasteiger partial charge in [-0.1, -0.05) is 36.4 Å². The van der Waals surface area contributed by atoms with Crippen LogP contribution in [-0.4, -0.2) is 65.4 Å². The number of nitrogens with zero attached hydrogens (tertiary/aromatic N) is 1. The number of ether oxygens (including phenoxy) is 1. The summed E-state index contributed by atoms with van der Waals surface area (Å²) in [4.78, 5) is 39.7. The molecule has 1 amide bonds. The normalized spacial score (nSPS) is 20.2. The fourth-order valence-electron chi connectivity index (χ4n) is 3.46. The Hall–Kier alpha value is -2.36. The molecular weight excluding hydrogens is 436 g/mol. The number of carbonyl (C=O) groups is 3. The molecule has 166 valence electrons. The molecule has 0 saturated carbocycles. The van der Waals surface area contributed by atoms with Crippen LogP contribution in [0.4, 0.5) is 0 Å². The molecule has 3 rings (SSSR count). The van der Waals surface area contributed by atoms with E-state index in [-0.39, 0.29) is 24.3 Å². The van der Waals surface area contributed by atoms with Crippen molar-refractivity contribution >= 4 is 40.9 Å². The van der Waals surface area contributed by atoms with Gasteiger partial charge in [-0.2, -0.15) is 0 Å². The molecule has 1 aromatic heterocycles. The molecule has 1 saturated heterocycles. The first-order valence-corrected chi connectivity index (χ1v) is 12.0. The molecule has 1 fully saturated rings. The summed E-state index contributed by atoms with van der Waals surface area (Å²) in [6.07, 6.45) is 0.376. The molecule has 3 atom stereocenters. The minimum atomic E-state index is -1.06. The Labute approximate surface area is 189 Å². The quantitative estimate of drug-likeness (QED) is 0.553. The second-order valence-corrected chi connectivity index (χ2v) is 9.38. The van der Waals surface area contributed by atoms with Crippen LogP contribution in [0.3, 0.4) is 0 Å². The van der Waals surface area contributed by atoms with Crippen LogP contribution in [0, 0.1) is 0 Å². The number of aliphatic carboxylic acids is 1. The van der Waals surface area contributed by atoms with Crippen molar-refractivity contribution in [3.05, 3.63) is 58.3 Å². The second kappa shape index (κ2) is 11.3. The molecule has 2 aromatic rings. The van der Waals surface area contributed by atoms with Gasteiger partial charge in [0.05, 0.1) is 17.9 Å². The highest BCUT2D eigenvalue weighted by Gasteiger charge is 2.36. The highest BCUT2D eigenvalue weighted by Crippen LogP contribution is 2.35. The van der Waals surface area contributed by atoms with E-state index in [0.717, 1.165) is 10.4 Å². The fraction of sp³-hybridized carbons (Fsp3) is 0.409. The predicted octanol–water partition coefficient (Wildman–Crippen LogP) is 2.58. The Kier molecular flexibility index (Phi) is 8.51. The van der Waals surface area contributed by atoms with Gasteiger partial charge >= 0.3 is 11.9 Å². The summed E-state index contributed by atoms with van der Waals surface area (Å²) in [5.74, 6) is -1.36. The molecule has 1 aliphatic heterocycles. The van der Waals surface area contributed by atoms with E-state index in [9.17, 15) is 19.5 Å². The second-order valence-electron chi connectivity index (χ2n) is 7.16. The summed E-state index contributed by atoms with van der Waals surface area (Å²) in [7, 11) is 0. The van der Waals surface area contributed by atoms with Crippen molar-refractivity contribution in [1.29, 1.82) is 0 Å². The smallest absolute Gasteiger partial charge is 0.323 e. The number of benzene rings is 1. The third-order valence-electron chi connectivity index (χ3n) is 4.90. The monoisotopic (exact) mass is 462 g/mol. The van der Waals surface area contributed by atoms with Crippen molar-refractivity contribution in [3.8, 4) is 0 Å². The van der Waals surface area contributed by atoms with Crippen molar-refractivity contribution in [2.24, 2.45) is 0 Å². The van der Waals surface area contributed by atoms with Gasteiger partial charge in [-0.3, -0.25) is 19.7 Å². The molecule has 0 bridgehead atoms. The zero-order valence-corrected chi connectivity index (χ0v) is 18.9. The van der Waals surface area contributed by atoms with Crippen molar-refractivity contribution in [3.63, 3.8) is 0 Å². The number of rotatable bonds is 9. The van der Waals surface area contributed by atoms with Crippen LogP contribution in [0.2, 0.25) is 0 Å². The van der Waals surface area contributed by atoms with E-state index in [1.165, 1.54) is 4.90 Å². The summed E-state index contributed by atoms with van der Waals surface area (Å²) < 4.78 is 5.23. The summed E-state index contributed by atoms with van der Waals surface area (Å²) in [5.41, 5.74) is 0.945. The number of amides is 1. The number of hydrogen-bond acceptors (Lipinski definition) is 7. The van der Waals surface area contributed by atoms with E-state index in [1.807, 2.05) is 47.8 Å². The lowest BCUT2D eigenvalue weighted by molar-refractivity contribution is -0.148. The van der Waals surface area contributed by atoms with Crippen LogP contribution in [0.25, 0.3) is 0 Å². The van der Waals surface area contributed by atoms with E-state index >= 15 is 0 Å². The molecule has 2 N–H and O–H groups in total. The van der Waals surface area contributed by atoms with Crippen molar-refractivity contribution in [2.75, 3.05) is 25.4 Å². The van der Waals surface area contributed by atoms with Gasteiger partial charge in [0.25, 0.3) is 0 Å². The minimum absolute atomic E-state index is 0.00901. The van der Waals surface area contributed by atoms with Crippen molar-refractivity contribution in [1.82, 2.24) is 10.2 Å². The van der Waals surface area contributed by atoms with Crippen LogP contribution in [0.5, 0.6) is 0 Å². The van der Waals surface area contributed by atoms with Gasteiger partial charge in [0.15, 0.2) is 0 Å². The van der Waals surface area contributed by atoms with Gasteiger partial charge in [-0.05, 0) is 30.4 Å². The SMILES string of the molecule is CCOC(=O)C(Cc1ccccc1)NC1CSC(c2cccs2)CN(CC(=O)O)C1=O. The average molecular weight is 463 g/mol. The first-order chi connectivity index (χ1) is 15.0. The lowest BCUT2D eigenvalue weighted by Gasteiger charge is -2.26. The summed E-state index contributed by atoms with van der Waals surface area (Å²) in [6.45, 7) is 1.93. The van der Waals surface area contributed by atoms with Crippen LogP contribution in [-0.2, 0) is 25.5 Å². The lowest BCUT2D eigenvalue weighted by atomic mass is 10.0. The Morgan fingerprint density at radius 3 is 2.68 bits per heavy atom. The number of hydrogen-bond donors (Lipinski definition) is 2. The topological polar surface area (TPSA) is 95.9 Å². The zero-order chi connectivity index (χ0) is 22.2. The number of carboxylic acid groups (broad SMARTS) is 1. The van der Waals surface area contributed by atoms with Crippen molar-refractivity contribution in [2.45, 2.75) is 30.7 Å². The molecule has 7 nitrogen and oxygen atoms in total. The van der Waals surface area contributed by atoms with Crippen LogP contribution in [0.1, 0.15) is 22.6 Å². The standard InChI is InChI=1S/C22H26N2O5S2/c1-2-29-22(28)16(11-15-7-4-3-5-8-15)23-17-14-31-19(18-9-6-10-30-18)12-24(21(17)27)13-20(25)26/h3-10,16-17,19,23H,2,11-14H2,1H3,(H,25,26). The number of nitrogens with one attached hydrogen (secondary N) is 1. The van der Waals surface area contributed by atoms with E-state index in [1.54, 1.807) is 30.0 Å². The number of carboxylic acids is 1. The van der Waals surface area contributed by atoms with Gasteiger partial charge < -0.3 is 14.7 Å². The van der Waals surface area contributed by atoms with Gasteiger partial charge in [0.1, 0.15) is 12.6 Å². The van der Waals surface area contributed by atoms with Crippen molar-refractivity contribution < 1.29 is 24.2 Å². The first kappa shape index (κ1) is 23.3. The Balaban J connectivity index is 1.80. The molecule has 9 heteroatoms. The van der Waals surface area contributed by atoms with Crippen LogP contribution < -0.4 is 5.32 Å². The maximum absolute atomic E-state index is 13.2. The van der Waals surface area contributed by atoms with Crippen LogP contribution in [0.15, 0.2) is 47.8 Å². The fourth-order valence-corrected chi connectivity index (χ4v) is 5.72. The highest BCUT2D eigenvalue weighted by molar-refractivity contribution is 7.99. The predicted molar refractivity (Wildman–Crippen MR) is 121 cm³/mol. The molecule has 0 spiro atoms. The van der Waals surface area contributed by atoms with Gasteiger partial charge in [0.2, 0.25) is 5.91 Å².